The van der Waals surface area contributed by atoms with Gasteiger partial charge in [0, 0.05) is 30.7 Å². The van der Waals surface area contributed by atoms with Crippen LogP contribution >= 0.6 is 0 Å². The van der Waals surface area contributed by atoms with E-state index < -0.39 is 12.1 Å². The Morgan fingerprint density at radius 3 is 2.73 bits per heavy atom. The number of carbonyl (C=O) groups is 2. The quantitative estimate of drug-likeness (QED) is 0.631. The number of β-amino-alcohol motifs (C(OH)–C–C–N with tert-alkyl or cyclic N) is 1. The monoisotopic (exact) mass is 410 g/mol. The first-order valence-electron chi connectivity index (χ1n) is 9.68. The van der Waals surface area contributed by atoms with E-state index in [1.165, 1.54) is 4.90 Å². The van der Waals surface area contributed by atoms with Crippen LogP contribution in [0, 0.1) is 6.92 Å². The maximum absolute atomic E-state index is 12.7. The van der Waals surface area contributed by atoms with Gasteiger partial charge in [0.2, 0.25) is 11.8 Å². The smallest absolute Gasteiger partial charge is 0.243 e. The lowest BCUT2D eigenvalue weighted by atomic mass is 10.1. The molecule has 0 spiro atoms. The summed E-state index contributed by atoms with van der Waals surface area (Å²) < 4.78 is 10.4. The summed E-state index contributed by atoms with van der Waals surface area (Å²) in [4.78, 5) is 26.7. The van der Waals surface area contributed by atoms with Crippen LogP contribution in [0.1, 0.15) is 23.6 Å². The highest BCUT2D eigenvalue weighted by atomic mass is 16.5. The fourth-order valence-corrected chi connectivity index (χ4v) is 3.52. The van der Waals surface area contributed by atoms with Crippen molar-refractivity contribution in [2.45, 2.75) is 38.5 Å². The van der Waals surface area contributed by atoms with Crippen LogP contribution in [0.4, 0.5) is 0 Å². The van der Waals surface area contributed by atoms with Gasteiger partial charge in [-0.15, -0.1) is 0 Å². The Bertz CT molecular complexity index is 1030. The van der Waals surface area contributed by atoms with Crippen molar-refractivity contribution in [3.8, 4) is 11.3 Å². The topological polar surface area (TPSA) is 122 Å². The molecule has 0 saturated carbocycles. The van der Waals surface area contributed by atoms with Gasteiger partial charge in [-0.05, 0) is 6.92 Å². The first-order chi connectivity index (χ1) is 14.5. The molecule has 3 heterocycles. The first kappa shape index (κ1) is 19.8. The van der Waals surface area contributed by atoms with Crippen molar-refractivity contribution in [1.29, 1.82) is 0 Å². The van der Waals surface area contributed by atoms with Gasteiger partial charge < -0.3 is 24.4 Å². The molecule has 9 heteroatoms. The molecule has 156 valence electrons. The fraction of sp³-hybridized carbons (Fsp3) is 0.333. The van der Waals surface area contributed by atoms with Crippen molar-refractivity contribution in [3.63, 3.8) is 0 Å². The highest BCUT2D eigenvalue weighted by Crippen LogP contribution is 2.21. The Hall–Kier alpha value is -3.46. The summed E-state index contributed by atoms with van der Waals surface area (Å²) in [6, 6.07) is 12.2. The lowest BCUT2D eigenvalue weighted by Gasteiger charge is -2.23. The van der Waals surface area contributed by atoms with Crippen molar-refractivity contribution < 1.29 is 23.7 Å². The van der Waals surface area contributed by atoms with Gasteiger partial charge in [-0.1, -0.05) is 40.6 Å². The van der Waals surface area contributed by atoms with Crippen LogP contribution in [-0.2, 0) is 22.6 Å². The second-order valence-electron chi connectivity index (χ2n) is 7.33. The molecule has 9 nitrogen and oxygen atoms in total. The Balaban J connectivity index is 1.37. The van der Waals surface area contributed by atoms with Crippen LogP contribution in [0.25, 0.3) is 11.3 Å². The molecule has 2 N–H and O–H groups in total. The SMILES string of the molecule is Cc1cc(CC(=O)N2C[C@H](O)C[C@H]2C(=O)NCc2cc(-c3ccccc3)on2)on1. The van der Waals surface area contributed by atoms with Gasteiger partial charge in [0.15, 0.2) is 5.76 Å². The molecule has 2 atom stereocenters. The number of aromatic nitrogens is 2. The van der Waals surface area contributed by atoms with Crippen molar-refractivity contribution >= 4 is 11.8 Å². The lowest BCUT2D eigenvalue weighted by molar-refractivity contribution is -0.138. The molecule has 3 aromatic rings. The van der Waals surface area contributed by atoms with Crippen LogP contribution < -0.4 is 5.32 Å². The van der Waals surface area contributed by atoms with Crippen molar-refractivity contribution in [3.05, 3.63) is 59.6 Å². The molecule has 1 aromatic carbocycles. The predicted octanol–water partition coefficient (Wildman–Crippen LogP) is 1.46. The van der Waals surface area contributed by atoms with Crippen LogP contribution in [0.15, 0.2) is 51.5 Å². The maximum Gasteiger partial charge on any atom is 0.243 e. The van der Waals surface area contributed by atoms with Crippen LogP contribution in [0.2, 0.25) is 0 Å². The predicted molar refractivity (Wildman–Crippen MR) is 105 cm³/mol. The third-order valence-electron chi connectivity index (χ3n) is 4.97. The number of benzene rings is 1. The molecule has 0 aliphatic carbocycles. The van der Waals surface area contributed by atoms with E-state index in [-0.39, 0.29) is 37.7 Å². The van der Waals surface area contributed by atoms with Crippen molar-refractivity contribution in [1.82, 2.24) is 20.5 Å². The van der Waals surface area contributed by atoms with Crippen molar-refractivity contribution in [2.24, 2.45) is 0 Å². The normalized spacial score (nSPS) is 18.5. The number of carbonyl (C=O) groups excluding carboxylic acids is 2. The molecule has 4 rings (SSSR count). The summed E-state index contributed by atoms with van der Waals surface area (Å²) in [6.07, 6.45) is -0.583. The fourth-order valence-electron chi connectivity index (χ4n) is 3.52. The maximum atomic E-state index is 12.7. The third-order valence-corrected chi connectivity index (χ3v) is 4.97. The van der Waals surface area contributed by atoms with Gasteiger partial charge >= 0.3 is 0 Å². The summed E-state index contributed by atoms with van der Waals surface area (Å²) in [6.45, 7) is 2.03. The van der Waals surface area contributed by atoms with Gasteiger partial charge in [0.1, 0.15) is 17.5 Å². The van der Waals surface area contributed by atoms with E-state index in [4.69, 9.17) is 9.05 Å². The largest absolute Gasteiger partial charge is 0.391 e. The number of nitrogens with zero attached hydrogens (tertiary/aromatic N) is 3. The summed E-state index contributed by atoms with van der Waals surface area (Å²) >= 11 is 0. The Kier molecular flexibility index (Phi) is 5.62. The molecule has 2 amide bonds. The minimum atomic E-state index is -0.753. The Morgan fingerprint density at radius 2 is 2.00 bits per heavy atom. The number of rotatable bonds is 6. The second kappa shape index (κ2) is 8.50. The zero-order valence-corrected chi connectivity index (χ0v) is 16.4. The first-order valence-corrected chi connectivity index (χ1v) is 9.68. The van der Waals surface area contributed by atoms with Crippen LogP contribution in [-0.4, -0.2) is 50.8 Å². The Labute approximate surface area is 172 Å². The van der Waals surface area contributed by atoms with E-state index in [9.17, 15) is 14.7 Å². The van der Waals surface area contributed by atoms with Crippen molar-refractivity contribution in [2.75, 3.05) is 6.54 Å². The lowest BCUT2D eigenvalue weighted by Crippen LogP contribution is -2.46. The number of aliphatic hydroxyl groups is 1. The van der Waals surface area contributed by atoms with Gasteiger partial charge in [0.25, 0.3) is 0 Å². The summed E-state index contributed by atoms with van der Waals surface area (Å²) in [5.41, 5.74) is 2.13. The third kappa shape index (κ3) is 4.41. The standard InChI is InChI=1S/C21H22N4O5/c1-13-7-17(29-23-13)10-20(27)25-12-16(26)9-18(25)21(28)22-11-15-8-19(30-24-15)14-5-3-2-4-6-14/h2-8,16,18,26H,9-12H2,1H3,(H,22,28)/t16-,18+/m1/s1. The molecule has 1 aliphatic heterocycles. The molecule has 0 unspecified atom stereocenters. The van der Waals surface area contributed by atoms with E-state index >= 15 is 0 Å². The molecule has 30 heavy (non-hydrogen) atoms. The van der Waals surface area contributed by atoms with E-state index in [0.717, 1.165) is 5.56 Å². The van der Waals surface area contributed by atoms with Gasteiger partial charge in [-0.25, -0.2) is 0 Å². The average molecular weight is 410 g/mol. The number of likely N-dealkylation sites (tertiary alicyclic amines) is 1. The van der Waals surface area contributed by atoms with E-state index in [0.29, 0.717) is 22.9 Å². The molecular weight excluding hydrogens is 388 g/mol. The van der Waals surface area contributed by atoms with Crippen LogP contribution in [0.3, 0.4) is 0 Å². The molecule has 0 radical (unpaired) electrons. The molecule has 2 aromatic heterocycles. The molecular formula is C21H22N4O5. The summed E-state index contributed by atoms with van der Waals surface area (Å²) in [7, 11) is 0. The zero-order valence-electron chi connectivity index (χ0n) is 16.4. The van der Waals surface area contributed by atoms with Crippen LogP contribution in [0.5, 0.6) is 0 Å². The number of amides is 2. The molecule has 0 bridgehead atoms. The minimum absolute atomic E-state index is 0.0128. The van der Waals surface area contributed by atoms with E-state index in [1.807, 2.05) is 30.3 Å². The van der Waals surface area contributed by atoms with Gasteiger partial charge in [-0.2, -0.15) is 0 Å². The summed E-state index contributed by atoms with van der Waals surface area (Å²) in [5.74, 6) is 0.387. The second-order valence-corrected chi connectivity index (χ2v) is 7.33. The number of aryl methyl sites for hydroxylation is 1. The molecule has 1 aliphatic rings. The number of hydrogen-bond donors (Lipinski definition) is 2. The van der Waals surface area contributed by atoms with E-state index in [2.05, 4.69) is 15.6 Å². The highest BCUT2D eigenvalue weighted by molar-refractivity contribution is 5.89. The number of nitrogens with one attached hydrogen (secondary N) is 1. The van der Waals surface area contributed by atoms with E-state index in [1.54, 1.807) is 19.1 Å². The molecule has 1 saturated heterocycles. The molecule has 1 fully saturated rings. The summed E-state index contributed by atoms with van der Waals surface area (Å²) in [5, 5.41) is 20.5. The average Bonchev–Trinajstić information content (AvgIpc) is 3.47. The van der Waals surface area contributed by atoms with Gasteiger partial charge in [-0.3, -0.25) is 9.59 Å². The number of aliphatic hydroxyl groups excluding tert-OH is 1. The van der Waals surface area contributed by atoms with Gasteiger partial charge in [0.05, 0.1) is 24.8 Å². The highest BCUT2D eigenvalue weighted by Gasteiger charge is 2.39. The Morgan fingerprint density at radius 1 is 1.20 bits per heavy atom. The zero-order chi connectivity index (χ0) is 21.1. The minimum Gasteiger partial charge on any atom is -0.391 e. The number of hydrogen-bond acceptors (Lipinski definition) is 7.